The summed E-state index contributed by atoms with van der Waals surface area (Å²) in [6.07, 6.45) is 6.25. The van der Waals surface area contributed by atoms with Gasteiger partial charge in [0.1, 0.15) is 5.02 Å². The molecule has 3 heterocycles. The minimum Gasteiger partial charge on any atom is -0.395 e. The van der Waals surface area contributed by atoms with Gasteiger partial charge in [0.25, 0.3) is 0 Å². The van der Waals surface area contributed by atoms with E-state index in [-0.39, 0.29) is 6.61 Å². The number of aryl methyl sites for hydroxylation is 1. The van der Waals surface area contributed by atoms with Crippen LogP contribution in [-0.2, 0) is 7.05 Å². The molecule has 8 nitrogen and oxygen atoms in total. The van der Waals surface area contributed by atoms with E-state index < -0.39 is 0 Å². The van der Waals surface area contributed by atoms with Gasteiger partial charge in [0.2, 0.25) is 5.95 Å². The van der Waals surface area contributed by atoms with Crippen LogP contribution in [0.2, 0.25) is 5.02 Å². The minimum absolute atomic E-state index is 0.210. The molecule has 0 aliphatic carbocycles. The van der Waals surface area contributed by atoms with Crippen LogP contribution in [0.1, 0.15) is 6.42 Å². The van der Waals surface area contributed by atoms with E-state index in [0.29, 0.717) is 22.7 Å². The number of nitrogens with one attached hydrogen (secondary N) is 2. The van der Waals surface area contributed by atoms with Crippen LogP contribution in [0.4, 0.5) is 17.5 Å². The van der Waals surface area contributed by atoms with Gasteiger partial charge in [-0.3, -0.25) is 4.68 Å². The minimum atomic E-state index is 0.210. The molecule has 1 saturated heterocycles. The van der Waals surface area contributed by atoms with Crippen LogP contribution < -0.4 is 10.6 Å². The lowest BCUT2D eigenvalue weighted by molar-refractivity contribution is 0.218. The third-order valence-electron chi connectivity index (χ3n) is 4.05. The van der Waals surface area contributed by atoms with Gasteiger partial charge in [0, 0.05) is 32.9 Å². The van der Waals surface area contributed by atoms with Gasteiger partial charge in [-0.25, -0.2) is 4.98 Å². The highest BCUT2D eigenvalue weighted by atomic mass is 35.5. The van der Waals surface area contributed by atoms with Crippen molar-refractivity contribution in [3.05, 3.63) is 23.6 Å². The van der Waals surface area contributed by atoms with Crippen LogP contribution in [0.25, 0.3) is 0 Å². The van der Waals surface area contributed by atoms with Gasteiger partial charge in [0.05, 0.1) is 24.7 Å². The zero-order valence-corrected chi connectivity index (χ0v) is 14.4. The highest BCUT2D eigenvalue weighted by Crippen LogP contribution is 2.23. The molecule has 0 radical (unpaired) electrons. The number of aliphatic hydroxyl groups is 1. The van der Waals surface area contributed by atoms with Crippen LogP contribution >= 0.6 is 11.6 Å². The lowest BCUT2D eigenvalue weighted by atomic mass is 10.1. The summed E-state index contributed by atoms with van der Waals surface area (Å²) < 4.78 is 1.70. The molecule has 1 atom stereocenters. The monoisotopic (exact) mass is 351 g/mol. The summed E-state index contributed by atoms with van der Waals surface area (Å²) in [5.41, 5.74) is 0.821. The highest BCUT2D eigenvalue weighted by molar-refractivity contribution is 6.32. The average Bonchev–Trinajstić information content (AvgIpc) is 3.17. The van der Waals surface area contributed by atoms with Crippen LogP contribution in [-0.4, -0.2) is 62.5 Å². The Bertz CT molecular complexity index is 678. The van der Waals surface area contributed by atoms with Gasteiger partial charge in [-0.1, -0.05) is 11.6 Å². The number of hydrogen-bond acceptors (Lipinski definition) is 7. The summed E-state index contributed by atoms with van der Waals surface area (Å²) in [7, 11) is 1.85. The van der Waals surface area contributed by atoms with E-state index in [1.165, 1.54) is 0 Å². The number of halogens is 1. The molecule has 1 fully saturated rings. The van der Waals surface area contributed by atoms with Crippen molar-refractivity contribution in [2.75, 3.05) is 43.4 Å². The number of aliphatic hydroxyl groups excluding tert-OH is 1. The van der Waals surface area contributed by atoms with Crippen molar-refractivity contribution in [1.82, 2.24) is 24.6 Å². The number of anilines is 3. The van der Waals surface area contributed by atoms with E-state index in [4.69, 9.17) is 16.7 Å². The van der Waals surface area contributed by atoms with Crippen molar-refractivity contribution in [2.24, 2.45) is 13.0 Å². The van der Waals surface area contributed by atoms with Gasteiger partial charge >= 0.3 is 0 Å². The molecule has 2 aromatic rings. The topological polar surface area (TPSA) is 91.1 Å². The Morgan fingerprint density at radius 3 is 3.04 bits per heavy atom. The van der Waals surface area contributed by atoms with Gasteiger partial charge in [0.15, 0.2) is 5.82 Å². The van der Waals surface area contributed by atoms with Crippen molar-refractivity contribution >= 4 is 29.1 Å². The molecule has 0 amide bonds. The van der Waals surface area contributed by atoms with Crippen molar-refractivity contribution in [3.8, 4) is 0 Å². The fraction of sp³-hybridized carbons (Fsp3) is 0.533. The van der Waals surface area contributed by atoms with Crippen molar-refractivity contribution in [2.45, 2.75) is 6.42 Å². The predicted molar refractivity (Wildman–Crippen MR) is 93.7 cm³/mol. The zero-order chi connectivity index (χ0) is 16.9. The highest BCUT2D eigenvalue weighted by Gasteiger charge is 2.22. The Labute approximate surface area is 145 Å². The molecule has 130 valence electrons. The van der Waals surface area contributed by atoms with Crippen LogP contribution in [0.5, 0.6) is 0 Å². The smallest absolute Gasteiger partial charge is 0.229 e. The Hall–Kier alpha value is -1.90. The Kier molecular flexibility index (Phi) is 5.49. The Morgan fingerprint density at radius 2 is 2.29 bits per heavy atom. The van der Waals surface area contributed by atoms with Crippen molar-refractivity contribution in [3.63, 3.8) is 0 Å². The Morgan fingerprint density at radius 1 is 1.42 bits per heavy atom. The largest absolute Gasteiger partial charge is 0.395 e. The van der Waals surface area contributed by atoms with Gasteiger partial charge in [-0.05, 0) is 18.9 Å². The molecule has 3 rings (SSSR count). The molecule has 0 saturated carbocycles. The molecule has 1 aliphatic heterocycles. The van der Waals surface area contributed by atoms with E-state index in [2.05, 4.69) is 30.6 Å². The van der Waals surface area contributed by atoms with Crippen molar-refractivity contribution < 1.29 is 5.11 Å². The van der Waals surface area contributed by atoms with Crippen LogP contribution in [0, 0.1) is 5.92 Å². The summed E-state index contributed by atoms with van der Waals surface area (Å²) >= 11 is 6.19. The molecule has 9 heteroatoms. The maximum Gasteiger partial charge on any atom is 0.229 e. The van der Waals surface area contributed by atoms with Gasteiger partial charge < -0.3 is 20.6 Å². The van der Waals surface area contributed by atoms with E-state index in [1.807, 2.05) is 13.2 Å². The normalized spacial score (nSPS) is 18.0. The lowest BCUT2D eigenvalue weighted by Crippen LogP contribution is -2.25. The molecule has 0 bridgehead atoms. The maximum absolute atomic E-state index is 9.01. The molecule has 0 aromatic carbocycles. The second-order valence-corrected chi connectivity index (χ2v) is 6.38. The lowest BCUT2D eigenvalue weighted by Gasteiger charge is -2.15. The standard InChI is InChI=1S/C15H22ClN7O/c1-22-10-12(7-19-22)20-15-18-8-13(16)14(21-15)17-6-11-2-3-23(9-11)4-5-24/h7-8,10-11,24H,2-6,9H2,1H3,(H2,17,18,20,21). The molecule has 1 unspecified atom stereocenters. The quantitative estimate of drug-likeness (QED) is 0.693. The predicted octanol–water partition coefficient (Wildman–Crippen LogP) is 1.33. The first-order chi connectivity index (χ1) is 11.6. The fourth-order valence-electron chi connectivity index (χ4n) is 2.83. The number of nitrogens with zero attached hydrogens (tertiary/aromatic N) is 5. The number of rotatable bonds is 7. The fourth-order valence-corrected chi connectivity index (χ4v) is 2.99. The van der Waals surface area contributed by atoms with Crippen LogP contribution in [0.15, 0.2) is 18.6 Å². The molecule has 0 spiro atoms. The van der Waals surface area contributed by atoms with E-state index >= 15 is 0 Å². The summed E-state index contributed by atoms with van der Waals surface area (Å²) in [4.78, 5) is 10.9. The number of hydrogen-bond donors (Lipinski definition) is 3. The number of likely N-dealkylation sites (tertiary alicyclic amines) is 1. The summed E-state index contributed by atoms with van der Waals surface area (Å²) in [6.45, 7) is 3.76. The first-order valence-electron chi connectivity index (χ1n) is 7.99. The van der Waals surface area contributed by atoms with Gasteiger partial charge in [-0.15, -0.1) is 0 Å². The first kappa shape index (κ1) is 16.9. The average molecular weight is 352 g/mol. The number of aromatic nitrogens is 4. The SMILES string of the molecule is Cn1cc(Nc2ncc(Cl)c(NCC3CCN(CCO)C3)n2)cn1. The number of β-amino-alcohol motifs (C(OH)–C–C–N with tert-alkyl or cyclic N) is 1. The van der Waals surface area contributed by atoms with E-state index in [9.17, 15) is 0 Å². The van der Waals surface area contributed by atoms with Crippen LogP contribution in [0.3, 0.4) is 0 Å². The summed E-state index contributed by atoms with van der Waals surface area (Å²) in [5.74, 6) is 1.62. The third-order valence-corrected chi connectivity index (χ3v) is 4.33. The zero-order valence-electron chi connectivity index (χ0n) is 13.6. The first-order valence-corrected chi connectivity index (χ1v) is 8.37. The second kappa shape index (κ2) is 7.78. The second-order valence-electron chi connectivity index (χ2n) is 5.98. The maximum atomic E-state index is 9.01. The molecule has 3 N–H and O–H groups in total. The Balaban J connectivity index is 1.58. The van der Waals surface area contributed by atoms with E-state index in [1.54, 1.807) is 17.1 Å². The van der Waals surface area contributed by atoms with Gasteiger partial charge in [-0.2, -0.15) is 10.1 Å². The molecular formula is C15H22ClN7O. The van der Waals surface area contributed by atoms with Crippen molar-refractivity contribution in [1.29, 1.82) is 0 Å². The molecule has 24 heavy (non-hydrogen) atoms. The third kappa shape index (κ3) is 4.34. The summed E-state index contributed by atoms with van der Waals surface area (Å²) in [6, 6.07) is 0. The molecule has 2 aromatic heterocycles. The molecular weight excluding hydrogens is 330 g/mol. The van der Waals surface area contributed by atoms with E-state index in [0.717, 1.165) is 38.3 Å². The summed E-state index contributed by atoms with van der Waals surface area (Å²) in [5, 5.41) is 20.0. The molecule has 1 aliphatic rings.